The van der Waals surface area contributed by atoms with Gasteiger partial charge in [-0.3, -0.25) is 0 Å². The molecule has 0 aliphatic heterocycles. The predicted octanol–water partition coefficient (Wildman–Crippen LogP) is 3.55. The van der Waals surface area contributed by atoms with E-state index in [1.165, 1.54) is 50.3 Å². The summed E-state index contributed by atoms with van der Waals surface area (Å²) in [6.45, 7) is 9.41. The minimum absolute atomic E-state index is 0.581. The van der Waals surface area contributed by atoms with Gasteiger partial charge in [0.15, 0.2) is 0 Å². The van der Waals surface area contributed by atoms with Crippen LogP contribution in [0.1, 0.15) is 46.5 Å². The molecule has 0 aromatic carbocycles. The summed E-state index contributed by atoms with van der Waals surface area (Å²) in [7, 11) is 0. The van der Waals surface area contributed by atoms with Crippen LogP contribution < -0.4 is 5.32 Å². The van der Waals surface area contributed by atoms with Gasteiger partial charge >= 0.3 is 0 Å². The number of hydrogen-bond acceptors (Lipinski definition) is 2. The fourth-order valence-corrected chi connectivity index (χ4v) is 3.12. The molecule has 1 aliphatic rings. The number of thioether (sulfide) groups is 1. The van der Waals surface area contributed by atoms with E-state index in [0.29, 0.717) is 5.41 Å². The van der Waals surface area contributed by atoms with Crippen molar-refractivity contribution in [2.24, 2.45) is 11.3 Å². The van der Waals surface area contributed by atoms with Crippen molar-refractivity contribution in [3.05, 3.63) is 0 Å². The Kier molecular flexibility index (Phi) is 6.06. The molecule has 0 aromatic rings. The topological polar surface area (TPSA) is 12.0 Å². The first-order valence-electron chi connectivity index (χ1n) is 6.51. The molecular formula is C13H27NS. The minimum Gasteiger partial charge on any atom is -0.316 e. The molecule has 0 radical (unpaired) electrons. The molecule has 90 valence electrons. The Morgan fingerprint density at radius 2 is 2.07 bits per heavy atom. The second-order valence-corrected chi connectivity index (χ2v) is 6.45. The quantitative estimate of drug-likeness (QED) is 0.607. The lowest BCUT2D eigenvalue weighted by Crippen LogP contribution is -2.34. The standard InChI is InChI=1S/C13H27NS/c1-4-9-14-11-13(3,12-6-7-12)8-10-15-5-2/h12,14H,4-11H2,1-3H3. The lowest BCUT2D eigenvalue weighted by Gasteiger charge is -2.30. The molecule has 1 N–H and O–H groups in total. The summed E-state index contributed by atoms with van der Waals surface area (Å²) < 4.78 is 0. The van der Waals surface area contributed by atoms with Gasteiger partial charge in [0.1, 0.15) is 0 Å². The maximum Gasteiger partial charge on any atom is 0.000811 e. The molecule has 1 nitrogen and oxygen atoms in total. The van der Waals surface area contributed by atoms with Crippen LogP contribution in [-0.2, 0) is 0 Å². The van der Waals surface area contributed by atoms with Gasteiger partial charge in [-0.05, 0) is 55.1 Å². The van der Waals surface area contributed by atoms with Crippen LogP contribution in [0.2, 0.25) is 0 Å². The lowest BCUT2D eigenvalue weighted by atomic mass is 9.82. The van der Waals surface area contributed by atoms with Gasteiger partial charge in [-0.25, -0.2) is 0 Å². The minimum atomic E-state index is 0.581. The molecule has 1 fully saturated rings. The average molecular weight is 229 g/mol. The molecule has 0 aromatic heterocycles. The van der Waals surface area contributed by atoms with E-state index in [-0.39, 0.29) is 0 Å². The summed E-state index contributed by atoms with van der Waals surface area (Å²) in [5.74, 6) is 3.62. The van der Waals surface area contributed by atoms with Crippen LogP contribution in [0.3, 0.4) is 0 Å². The number of hydrogen-bond donors (Lipinski definition) is 1. The van der Waals surface area contributed by atoms with Gasteiger partial charge < -0.3 is 5.32 Å². The summed E-state index contributed by atoms with van der Waals surface area (Å²) in [4.78, 5) is 0. The van der Waals surface area contributed by atoms with Crippen LogP contribution in [-0.4, -0.2) is 24.6 Å². The van der Waals surface area contributed by atoms with Crippen LogP contribution in [0.4, 0.5) is 0 Å². The third-order valence-electron chi connectivity index (χ3n) is 3.54. The van der Waals surface area contributed by atoms with E-state index in [9.17, 15) is 0 Å². The normalized spacial score (nSPS) is 20.2. The Morgan fingerprint density at radius 3 is 2.60 bits per heavy atom. The van der Waals surface area contributed by atoms with E-state index in [1.54, 1.807) is 0 Å². The average Bonchev–Trinajstić information content (AvgIpc) is 3.02. The predicted molar refractivity (Wildman–Crippen MR) is 71.6 cm³/mol. The summed E-state index contributed by atoms with van der Waals surface area (Å²) >= 11 is 2.09. The number of rotatable bonds is 9. The van der Waals surface area contributed by atoms with Gasteiger partial charge in [0.2, 0.25) is 0 Å². The molecule has 0 bridgehead atoms. The van der Waals surface area contributed by atoms with Crippen molar-refractivity contribution in [3.63, 3.8) is 0 Å². The van der Waals surface area contributed by atoms with Gasteiger partial charge in [-0.2, -0.15) is 11.8 Å². The van der Waals surface area contributed by atoms with Crippen molar-refractivity contribution >= 4 is 11.8 Å². The molecule has 1 unspecified atom stereocenters. The van der Waals surface area contributed by atoms with Crippen LogP contribution in [0.15, 0.2) is 0 Å². The highest BCUT2D eigenvalue weighted by Crippen LogP contribution is 2.47. The van der Waals surface area contributed by atoms with E-state index in [1.807, 2.05) is 0 Å². The molecule has 0 heterocycles. The molecule has 1 atom stereocenters. The van der Waals surface area contributed by atoms with Gasteiger partial charge in [0, 0.05) is 6.54 Å². The first-order valence-corrected chi connectivity index (χ1v) is 7.67. The third kappa shape index (κ3) is 4.78. The van der Waals surface area contributed by atoms with Crippen LogP contribution in [0, 0.1) is 11.3 Å². The summed E-state index contributed by atoms with van der Waals surface area (Å²) in [6, 6.07) is 0. The van der Waals surface area contributed by atoms with Crippen molar-refractivity contribution in [3.8, 4) is 0 Å². The maximum atomic E-state index is 3.61. The maximum absolute atomic E-state index is 3.61. The Labute approximate surface area is 99.8 Å². The van der Waals surface area contributed by atoms with E-state index in [4.69, 9.17) is 0 Å². The molecular weight excluding hydrogens is 202 g/mol. The highest BCUT2D eigenvalue weighted by Gasteiger charge is 2.40. The van der Waals surface area contributed by atoms with Crippen molar-refractivity contribution in [1.82, 2.24) is 5.32 Å². The SMILES string of the molecule is CCCNCC(C)(CCSCC)C1CC1. The van der Waals surface area contributed by atoms with Crippen LogP contribution >= 0.6 is 11.8 Å². The van der Waals surface area contributed by atoms with Crippen molar-refractivity contribution in [2.75, 3.05) is 24.6 Å². The van der Waals surface area contributed by atoms with Gasteiger partial charge in [0.05, 0.1) is 0 Å². The van der Waals surface area contributed by atoms with Crippen molar-refractivity contribution in [2.45, 2.75) is 46.5 Å². The second-order valence-electron chi connectivity index (χ2n) is 5.05. The Balaban J connectivity index is 2.25. The summed E-state index contributed by atoms with van der Waals surface area (Å²) in [6.07, 6.45) is 5.60. The molecule has 1 rings (SSSR count). The third-order valence-corrected chi connectivity index (χ3v) is 4.44. The molecule has 1 aliphatic carbocycles. The smallest absolute Gasteiger partial charge is 0.000811 e. The van der Waals surface area contributed by atoms with Crippen LogP contribution in [0.5, 0.6) is 0 Å². The molecule has 15 heavy (non-hydrogen) atoms. The molecule has 1 saturated carbocycles. The monoisotopic (exact) mass is 229 g/mol. The zero-order valence-electron chi connectivity index (χ0n) is 10.6. The van der Waals surface area contributed by atoms with E-state index in [0.717, 1.165) is 5.92 Å². The molecule has 0 saturated heterocycles. The fourth-order valence-electron chi connectivity index (χ4n) is 2.22. The molecule has 0 spiro atoms. The summed E-state index contributed by atoms with van der Waals surface area (Å²) in [5, 5.41) is 3.61. The Morgan fingerprint density at radius 1 is 1.33 bits per heavy atom. The van der Waals surface area contributed by atoms with Gasteiger partial charge in [-0.15, -0.1) is 0 Å². The van der Waals surface area contributed by atoms with Gasteiger partial charge in [-0.1, -0.05) is 20.8 Å². The first-order chi connectivity index (χ1) is 7.23. The van der Waals surface area contributed by atoms with E-state index >= 15 is 0 Å². The van der Waals surface area contributed by atoms with Crippen LogP contribution in [0.25, 0.3) is 0 Å². The highest BCUT2D eigenvalue weighted by molar-refractivity contribution is 7.99. The second kappa shape index (κ2) is 6.80. The Hall–Kier alpha value is 0.310. The molecule has 2 heteroatoms. The Bertz CT molecular complexity index is 156. The van der Waals surface area contributed by atoms with Crippen molar-refractivity contribution < 1.29 is 0 Å². The van der Waals surface area contributed by atoms with Crippen molar-refractivity contribution in [1.29, 1.82) is 0 Å². The largest absolute Gasteiger partial charge is 0.316 e. The zero-order valence-corrected chi connectivity index (χ0v) is 11.5. The zero-order chi connectivity index (χ0) is 11.1. The number of nitrogens with one attached hydrogen (secondary N) is 1. The lowest BCUT2D eigenvalue weighted by molar-refractivity contribution is 0.250. The fraction of sp³-hybridized carbons (Fsp3) is 1.00. The summed E-state index contributed by atoms with van der Waals surface area (Å²) in [5.41, 5.74) is 0.581. The van der Waals surface area contributed by atoms with E-state index < -0.39 is 0 Å². The first kappa shape index (κ1) is 13.4. The van der Waals surface area contributed by atoms with Gasteiger partial charge in [0.25, 0.3) is 0 Å². The molecule has 0 amide bonds. The highest BCUT2D eigenvalue weighted by atomic mass is 32.2. The van der Waals surface area contributed by atoms with E-state index in [2.05, 4.69) is 37.8 Å².